The van der Waals surface area contributed by atoms with Gasteiger partial charge in [-0.2, -0.15) is 0 Å². The number of benzene rings is 1. The van der Waals surface area contributed by atoms with E-state index in [1.165, 1.54) is 6.07 Å². The van der Waals surface area contributed by atoms with Gasteiger partial charge >= 0.3 is 0 Å². The fourth-order valence-electron chi connectivity index (χ4n) is 1.06. The molecule has 1 aromatic carbocycles. The highest BCUT2D eigenvalue weighted by Gasteiger charge is 2.09. The molecule has 1 aromatic rings. The van der Waals surface area contributed by atoms with Crippen molar-refractivity contribution in [2.75, 3.05) is 13.2 Å². The lowest BCUT2D eigenvalue weighted by Crippen LogP contribution is -1.95. The summed E-state index contributed by atoms with van der Waals surface area (Å²) in [7, 11) is 0. The Kier molecular flexibility index (Phi) is 3.89. The average Bonchev–Trinajstić information content (AvgIpc) is 2.14. The van der Waals surface area contributed by atoms with Gasteiger partial charge in [0.05, 0.1) is 18.2 Å². The number of phenolic OH excluding ortho intramolecular Hbond substituents is 1. The van der Waals surface area contributed by atoms with Crippen LogP contribution in [0.2, 0.25) is 5.02 Å². The highest BCUT2D eigenvalue weighted by atomic mass is 35.5. The largest absolute Gasteiger partial charge is 0.504 e. The summed E-state index contributed by atoms with van der Waals surface area (Å²) in [4.78, 5) is 0. The molecule has 0 aliphatic heterocycles. The van der Waals surface area contributed by atoms with Crippen molar-refractivity contribution >= 4 is 11.6 Å². The van der Waals surface area contributed by atoms with E-state index in [0.29, 0.717) is 29.7 Å². The second-order valence-electron chi connectivity index (χ2n) is 2.62. The van der Waals surface area contributed by atoms with Crippen LogP contribution in [-0.2, 0) is 0 Å². The molecule has 0 aromatic heterocycles. The third-order valence-corrected chi connectivity index (χ3v) is 1.91. The Hall–Kier alpha value is -1.09. The minimum Gasteiger partial charge on any atom is -0.504 e. The normalized spacial score (nSPS) is 9.93. The first-order valence-electron chi connectivity index (χ1n) is 4.47. The highest BCUT2D eigenvalue weighted by Crippen LogP contribution is 2.36. The second kappa shape index (κ2) is 4.96. The van der Waals surface area contributed by atoms with E-state index in [1.54, 1.807) is 6.07 Å². The van der Waals surface area contributed by atoms with E-state index in [1.807, 2.05) is 13.8 Å². The maximum Gasteiger partial charge on any atom is 0.162 e. The van der Waals surface area contributed by atoms with Gasteiger partial charge in [0.15, 0.2) is 11.5 Å². The maximum absolute atomic E-state index is 9.51. The minimum atomic E-state index is 0.0414. The SMILES string of the molecule is CCOc1cc(Cl)c(OCC)cc1O. The number of ether oxygens (including phenoxy) is 2. The van der Waals surface area contributed by atoms with E-state index in [2.05, 4.69) is 0 Å². The zero-order chi connectivity index (χ0) is 10.6. The molecule has 0 fully saturated rings. The zero-order valence-electron chi connectivity index (χ0n) is 8.21. The van der Waals surface area contributed by atoms with Crippen LogP contribution in [-0.4, -0.2) is 18.3 Å². The molecule has 0 aliphatic rings. The Balaban J connectivity index is 2.97. The van der Waals surface area contributed by atoms with Gasteiger partial charge in [-0.05, 0) is 13.8 Å². The molecular formula is C10H13ClO3. The molecule has 0 heterocycles. The van der Waals surface area contributed by atoms with E-state index in [9.17, 15) is 5.11 Å². The van der Waals surface area contributed by atoms with Gasteiger partial charge in [-0.1, -0.05) is 11.6 Å². The molecule has 4 heteroatoms. The van der Waals surface area contributed by atoms with Gasteiger partial charge in [0.1, 0.15) is 5.75 Å². The van der Waals surface area contributed by atoms with Gasteiger partial charge in [0.2, 0.25) is 0 Å². The van der Waals surface area contributed by atoms with Crippen molar-refractivity contribution in [3.05, 3.63) is 17.2 Å². The van der Waals surface area contributed by atoms with Crippen LogP contribution in [0.5, 0.6) is 17.2 Å². The van der Waals surface area contributed by atoms with Crippen LogP contribution in [0.1, 0.15) is 13.8 Å². The lowest BCUT2D eigenvalue weighted by Gasteiger charge is -2.10. The Morgan fingerprint density at radius 3 is 2.29 bits per heavy atom. The van der Waals surface area contributed by atoms with E-state index in [4.69, 9.17) is 21.1 Å². The van der Waals surface area contributed by atoms with Gasteiger partial charge in [0.25, 0.3) is 0 Å². The lowest BCUT2D eigenvalue weighted by molar-refractivity contribution is 0.311. The van der Waals surface area contributed by atoms with Crippen molar-refractivity contribution in [2.24, 2.45) is 0 Å². The van der Waals surface area contributed by atoms with Crippen LogP contribution in [0.3, 0.4) is 0 Å². The number of hydrogen-bond donors (Lipinski definition) is 1. The third-order valence-electron chi connectivity index (χ3n) is 1.61. The Morgan fingerprint density at radius 2 is 1.71 bits per heavy atom. The van der Waals surface area contributed by atoms with Crippen molar-refractivity contribution in [2.45, 2.75) is 13.8 Å². The standard InChI is InChI=1S/C10H13ClO3/c1-3-13-9-6-8(12)10(14-4-2)5-7(9)11/h5-6,12H,3-4H2,1-2H3. The quantitative estimate of drug-likeness (QED) is 0.841. The zero-order valence-corrected chi connectivity index (χ0v) is 8.97. The highest BCUT2D eigenvalue weighted by molar-refractivity contribution is 6.32. The average molecular weight is 217 g/mol. The van der Waals surface area contributed by atoms with Crippen molar-refractivity contribution in [1.82, 2.24) is 0 Å². The molecule has 0 saturated heterocycles. The summed E-state index contributed by atoms with van der Waals surface area (Å²) >= 11 is 5.90. The second-order valence-corrected chi connectivity index (χ2v) is 3.02. The van der Waals surface area contributed by atoms with E-state index in [0.717, 1.165) is 0 Å². The summed E-state index contributed by atoms with van der Waals surface area (Å²) in [6, 6.07) is 3.00. The number of halogens is 1. The monoisotopic (exact) mass is 216 g/mol. The van der Waals surface area contributed by atoms with Crippen LogP contribution < -0.4 is 9.47 Å². The van der Waals surface area contributed by atoms with E-state index in [-0.39, 0.29) is 5.75 Å². The molecule has 0 aliphatic carbocycles. The molecular weight excluding hydrogens is 204 g/mol. The van der Waals surface area contributed by atoms with Crippen molar-refractivity contribution < 1.29 is 14.6 Å². The first-order valence-corrected chi connectivity index (χ1v) is 4.85. The Labute approximate surface area is 88.2 Å². The van der Waals surface area contributed by atoms with Crippen molar-refractivity contribution in [3.63, 3.8) is 0 Å². The molecule has 0 spiro atoms. The predicted octanol–water partition coefficient (Wildman–Crippen LogP) is 2.84. The predicted molar refractivity (Wildman–Crippen MR) is 55.5 cm³/mol. The van der Waals surface area contributed by atoms with Crippen LogP contribution >= 0.6 is 11.6 Å². The summed E-state index contributed by atoms with van der Waals surface area (Å²) in [5.74, 6) is 0.885. The van der Waals surface area contributed by atoms with Crippen LogP contribution in [0.25, 0.3) is 0 Å². The fraction of sp³-hybridized carbons (Fsp3) is 0.400. The lowest BCUT2D eigenvalue weighted by atomic mass is 10.3. The van der Waals surface area contributed by atoms with Crippen molar-refractivity contribution in [3.8, 4) is 17.2 Å². The number of aromatic hydroxyl groups is 1. The summed E-state index contributed by atoms with van der Waals surface area (Å²) < 4.78 is 10.4. The number of hydrogen-bond acceptors (Lipinski definition) is 3. The van der Waals surface area contributed by atoms with Gasteiger partial charge in [0, 0.05) is 12.1 Å². The molecule has 0 radical (unpaired) electrons. The Morgan fingerprint density at radius 1 is 1.14 bits per heavy atom. The van der Waals surface area contributed by atoms with Crippen LogP contribution in [0.4, 0.5) is 0 Å². The fourth-order valence-corrected chi connectivity index (χ4v) is 1.27. The summed E-state index contributed by atoms with van der Waals surface area (Å²) in [6.07, 6.45) is 0. The number of rotatable bonds is 4. The Bertz CT molecular complexity index is 281. The van der Waals surface area contributed by atoms with Crippen molar-refractivity contribution in [1.29, 1.82) is 0 Å². The molecule has 78 valence electrons. The maximum atomic E-state index is 9.51. The smallest absolute Gasteiger partial charge is 0.162 e. The minimum absolute atomic E-state index is 0.0414. The molecule has 0 amide bonds. The topological polar surface area (TPSA) is 38.7 Å². The molecule has 0 bridgehead atoms. The van der Waals surface area contributed by atoms with E-state index >= 15 is 0 Å². The molecule has 0 atom stereocenters. The molecule has 0 saturated carbocycles. The molecule has 1 N–H and O–H groups in total. The first kappa shape index (κ1) is 11.0. The number of phenols is 1. The summed E-state index contributed by atoms with van der Waals surface area (Å²) in [6.45, 7) is 4.68. The van der Waals surface area contributed by atoms with Crippen LogP contribution in [0, 0.1) is 0 Å². The molecule has 14 heavy (non-hydrogen) atoms. The van der Waals surface area contributed by atoms with Crippen LogP contribution in [0.15, 0.2) is 12.1 Å². The van der Waals surface area contributed by atoms with Gasteiger partial charge < -0.3 is 14.6 Å². The first-order chi connectivity index (χ1) is 6.69. The van der Waals surface area contributed by atoms with Gasteiger partial charge in [-0.3, -0.25) is 0 Å². The summed E-state index contributed by atoms with van der Waals surface area (Å²) in [5.41, 5.74) is 0. The molecule has 1 rings (SSSR count). The van der Waals surface area contributed by atoms with E-state index < -0.39 is 0 Å². The summed E-state index contributed by atoms with van der Waals surface area (Å²) in [5, 5.41) is 9.95. The molecule has 0 unspecified atom stereocenters. The molecule has 3 nitrogen and oxygen atoms in total. The third kappa shape index (κ3) is 2.45. The van der Waals surface area contributed by atoms with Gasteiger partial charge in [-0.25, -0.2) is 0 Å². The van der Waals surface area contributed by atoms with Gasteiger partial charge in [-0.15, -0.1) is 0 Å².